The molecule has 1 aliphatic carbocycles. The van der Waals surface area contributed by atoms with E-state index in [4.69, 9.17) is 18.9 Å². The summed E-state index contributed by atoms with van der Waals surface area (Å²) in [6.45, 7) is 0.543. The summed E-state index contributed by atoms with van der Waals surface area (Å²) in [7, 11) is 3.26. The normalized spacial score (nSPS) is 16.2. The van der Waals surface area contributed by atoms with Gasteiger partial charge in [-0.3, -0.25) is 0 Å². The van der Waals surface area contributed by atoms with Crippen molar-refractivity contribution in [1.29, 1.82) is 0 Å². The van der Waals surface area contributed by atoms with Crippen molar-refractivity contribution in [2.75, 3.05) is 27.8 Å². The van der Waals surface area contributed by atoms with E-state index in [9.17, 15) is 0 Å². The largest absolute Gasteiger partial charge is 0.468 e. The molecule has 0 heterocycles. The standard InChI is InChI=1S/C22H28O4/c1-23-16-25-20-10-6-18(7-11-20)22(14-4-3-5-15-22)19-8-12-21(13-9-19)26-17-24-2/h6-13H,3-5,14-17H2,1-2H3. The first-order chi connectivity index (χ1) is 12.8. The molecule has 0 atom stereocenters. The molecule has 2 aromatic rings. The van der Waals surface area contributed by atoms with E-state index in [1.165, 1.54) is 43.2 Å². The van der Waals surface area contributed by atoms with Crippen molar-refractivity contribution in [3.63, 3.8) is 0 Å². The molecule has 2 aromatic carbocycles. The molecule has 1 fully saturated rings. The van der Waals surface area contributed by atoms with Crippen LogP contribution in [0.1, 0.15) is 43.2 Å². The van der Waals surface area contributed by atoms with Crippen LogP contribution in [-0.2, 0) is 14.9 Å². The van der Waals surface area contributed by atoms with Crippen LogP contribution in [0.25, 0.3) is 0 Å². The second-order valence-electron chi connectivity index (χ2n) is 6.79. The van der Waals surface area contributed by atoms with Gasteiger partial charge in [-0.15, -0.1) is 0 Å². The molecule has 0 amide bonds. The van der Waals surface area contributed by atoms with Crippen molar-refractivity contribution in [3.8, 4) is 11.5 Å². The number of hydrogen-bond donors (Lipinski definition) is 0. The van der Waals surface area contributed by atoms with Gasteiger partial charge in [0.1, 0.15) is 11.5 Å². The van der Waals surface area contributed by atoms with Gasteiger partial charge in [0.05, 0.1) is 0 Å². The lowest BCUT2D eigenvalue weighted by Gasteiger charge is -2.38. The highest BCUT2D eigenvalue weighted by Gasteiger charge is 2.35. The van der Waals surface area contributed by atoms with Gasteiger partial charge in [0.25, 0.3) is 0 Å². The summed E-state index contributed by atoms with van der Waals surface area (Å²) in [6, 6.07) is 17.0. The summed E-state index contributed by atoms with van der Waals surface area (Å²) in [5, 5.41) is 0. The van der Waals surface area contributed by atoms with Crippen LogP contribution in [0.2, 0.25) is 0 Å². The average molecular weight is 356 g/mol. The van der Waals surface area contributed by atoms with Crippen molar-refractivity contribution in [2.24, 2.45) is 0 Å². The third-order valence-electron chi connectivity index (χ3n) is 5.21. The van der Waals surface area contributed by atoms with Gasteiger partial charge in [0.15, 0.2) is 13.6 Å². The van der Waals surface area contributed by atoms with Crippen LogP contribution in [0.3, 0.4) is 0 Å². The first-order valence-corrected chi connectivity index (χ1v) is 9.23. The van der Waals surface area contributed by atoms with Gasteiger partial charge in [-0.25, -0.2) is 0 Å². The molecule has 0 unspecified atom stereocenters. The van der Waals surface area contributed by atoms with Gasteiger partial charge < -0.3 is 18.9 Å². The molecule has 26 heavy (non-hydrogen) atoms. The zero-order chi connectivity index (χ0) is 18.2. The first-order valence-electron chi connectivity index (χ1n) is 9.23. The first kappa shape index (κ1) is 18.7. The molecule has 0 aromatic heterocycles. The molecule has 0 aliphatic heterocycles. The lowest BCUT2D eigenvalue weighted by molar-refractivity contribution is 0.0509. The van der Waals surface area contributed by atoms with Crippen LogP contribution in [0, 0.1) is 0 Å². The van der Waals surface area contributed by atoms with Crippen molar-refractivity contribution in [2.45, 2.75) is 37.5 Å². The Balaban J connectivity index is 1.86. The Bertz CT molecular complexity index is 604. The maximum Gasteiger partial charge on any atom is 0.188 e. The minimum Gasteiger partial charge on any atom is -0.468 e. The molecule has 0 N–H and O–H groups in total. The van der Waals surface area contributed by atoms with Crippen molar-refractivity contribution in [3.05, 3.63) is 59.7 Å². The molecule has 0 saturated heterocycles. The van der Waals surface area contributed by atoms with Gasteiger partial charge in [-0.05, 0) is 48.2 Å². The Labute approximate surface area is 156 Å². The van der Waals surface area contributed by atoms with Gasteiger partial charge in [0.2, 0.25) is 0 Å². The predicted molar refractivity (Wildman–Crippen MR) is 102 cm³/mol. The Kier molecular flexibility index (Phi) is 6.53. The number of methoxy groups -OCH3 is 2. The van der Waals surface area contributed by atoms with Crippen molar-refractivity contribution >= 4 is 0 Å². The van der Waals surface area contributed by atoms with Crippen molar-refractivity contribution in [1.82, 2.24) is 0 Å². The zero-order valence-electron chi connectivity index (χ0n) is 15.7. The van der Waals surface area contributed by atoms with Crippen LogP contribution in [-0.4, -0.2) is 27.8 Å². The topological polar surface area (TPSA) is 36.9 Å². The Hall–Kier alpha value is -2.04. The summed E-state index contributed by atoms with van der Waals surface area (Å²) >= 11 is 0. The highest BCUT2D eigenvalue weighted by Crippen LogP contribution is 2.45. The van der Waals surface area contributed by atoms with E-state index in [-0.39, 0.29) is 19.0 Å². The van der Waals surface area contributed by atoms with E-state index in [2.05, 4.69) is 24.3 Å². The lowest BCUT2D eigenvalue weighted by atomic mass is 9.65. The second kappa shape index (κ2) is 9.06. The maximum absolute atomic E-state index is 5.54. The number of rotatable bonds is 8. The Morgan fingerprint density at radius 1 is 0.654 bits per heavy atom. The third kappa shape index (κ3) is 4.19. The van der Waals surface area contributed by atoms with E-state index >= 15 is 0 Å². The molecule has 1 aliphatic rings. The van der Waals surface area contributed by atoms with Crippen LogP contribution in [0.5, 0.6) is 11.5 Å². The summed E-state index contributed by atoms with van der Waals surface area (Å²) < 4.78 is 21.0. The minimum atomic E-state index is 0.0673. The smallest absolute Gasteiger partial charge is 0.188 e. The molecular weight excluding hydrogens is 328 g/mol. The van der Waals surface area contributed by atoms with Gasteiger partial charge >= 0.3 is 0 Å². The van der Waals surface area contributed by atoms with Gasteiger partial charge in [-0.1, -0.05) is 43.5 Å². The van der Waals surface area contributed by atoms with Crippen LogP contribution in [0.4, 0.5) is 0 Å². The molecule has 0 radical (unpaired) electrons. The lowest BCUT2D eigenvalue weighted by Crippen LogP contribution is -2.30. The summed E-state index contributed by atoms with van der Waals surface area (Å²) in [6.07, 6.45) is 6.16. The molecule has 0 bridgehead atoms. The fourth-order valence-electron chi connectivity index (χ4n) is 3.89. The summed E-state index contributed by atoms with van der Waals surface area (Å²) in [5.74, 6) is 1.68. The highest BCUT2D eigenvalue weighted by atomic mass is 16.7. The zero-order valence-corrected chi connectivity index (χ0v) is 15.7. The molecule has 0 spiro atoms. The van der Waals surface area contributed by atoms with Crippen LogP contribution >= 0.6 is 0 Å². The van der Waals surface area contributed by atoms with E-state index in [1.807, 2.05) is 24.3 Å². The minimum absolute atomic E-state index is 0.0673. The third-order valence-corrected chi connectivity index (χ3v) is 5.21. The molecular formula is C22H28O4. The van der Waals surface area contributed by atoms with Crippen LogP contribution in [0.15, 0.2) is 48.5 Å². The van der Waals surface area contributed by atoms with Crippen molar-refractivity contribution < 1.29 is 18.9 Å². The number of benzene rings is 2. The highest BCUT2D eigenvalue weighted by molar-refractivity contribution is 5.43. The maximum atomic E-state index is 5.54. The predicted octanol–water partition coefficient (Wildman–Crippen LogP) is 4.90. The fourth-order valence-corrected chi connectivity index (χ4v) is 3.89. The van der Waals surface area contributed by atoms with E-state index < -0.39 is 0 Å². The average Bonchev–Trinajstić information content (AvgIpc) is 2.72. The monoisotopic (exact) mass is 356 g/mol. The summed E-state index contributed by atoms with van der Waals surface area (Å²) in [4.78, 5) is 0. The Morgan fingerprint density at radius 2 is 1.08 bits per heavy atom. The number of ether oxygens (including phenoxy) is 4. The van der Waals surface area contributed by atoms with Crippen LogP contribution < -0.4 is 9.47 Å². The molecule has 1 saturated carbocycles. The van der Waals surface area contributed by atoms with E-state index in [1.54, 1.807) is 14.2 Å². The molecule has 140 valence electrons. The molecule has 4 nitrogen and oxygen atoms in total. The number of hydrogen-bond acceptors (Lipinski definition) is 4. The van der Waals surface area contributed by atoms with E-state index in [0.717, 1.165) is 11.5 Å². The molecule has 3 rings (SSSR count). The fraction of sp³-hybridized carbons (Fsp3) is 0.455. The second-order valence-corrected chi connectivity index (χ2v) is 6.79. The molecule has 4 heteroatoms. The SMILES string of the molecule is COCOc1ccc(C2(c3ccc(OCOC)cc3)CCCCC2)cc1. The quantitative estimate of drug-likeness (QED) is 0.630. The van der Waals surface area contributed by atoms with Gasteiger partial charge in [-0.2, -0.15) is 0 Å². The Morgan fingerprint density at radius 3 is 1.46 bits per heavy atom. The van der Waals surface area contributed by atoms with Gasteiger partial charge in [0, 0.05) is 19.6 Å². The van der Waals surface area contributed by atoms with E-state index in [0.29, 0.717) is 0 Å². The summed E-state index contributed by atoms with van der Waals surface area (Å²) in [5.41, 5.74) is 2.78.